The molecule has 0 saturated carbocycles. The van der Waals surface area contributed by atoms with Crippen molar-refractivity contribution in [1.82, 2.24) is 14.9 Å². The Morgan fingerprint density at radius 1 is 1.35 bits per heavy atom. The molecule has 0 radical (unpaired) electrons. The quantitative estimate of drug-likeness (QED) is 0.701. The van der Waals surface area contributed by atoms with Gasteiger partial charge >= 0.3 is 0 Å². The topological polar surface area (TPSA) is 95.1 Å². The number of hydrogen-bond acceptors (Lipinski definition) is 4. The van der Waals surface area contributed by atoms with Crippen LogP contribution >= 0.6 is 0 Å². The molecule has 2 aromatic rings. The third-order valence-electron chi connectivity index (χ3n) is 3.00. The number of hydrogen-bond donors (Lipinski definition) is 3. The molecule has 3 N–H and O–H groups in total. The van der Waals surface area contributed by atoms with E-state index in [1.54, 1.807) is 18.3 Å². The third-order valence-corrected chi connectivity index (χ3v) is 4.51. The molecule has 1 aromatic heterocycles. The van der Waals surface area contributed by atoms with E-state index in [2.05, 4.69) is 14.9 Å². The monoisotopic (exact) mass is 295 g/mol. The van der Waals surface area contributed by atoms with Crippen LogP contribution in [0.15, 0.2) is 35.4 Å². The molecule has 0 aliphatic rings. The summed E-state index contributed by atoms with van der Waals surface area (Å²) in [7, 11) is -3.67. The lowest BCUT2D eigenvalue weighted by atomic mass is 10.1. The van der Waals surface area contributed by atoms with Crippen LogP contribution in [0.1, 0.15) is 17.7 Å². The van der Waals surface area contributed by atoms with E-state index in [9.17, 15) is 13.5 Å². The van der Waals surface area contributed by atoms with E-state index in [0.717, 1.165) is 17.7 Å². The van der Waals surface area contributed by atoms with Crippen molar-refractivity contribution in [2.45, 2.75) is 24.7 Å². The van der Waals surface area contributed by atoms with Crippen LogP contribution in [0, 0.1) is 6.92 Å². The number of H-pyrrole nitrogens is 1. The molecule has 1 heterocycles. The largest absolute Gasteiger partial charge is 0.507 e. The number of nitrogens with zero attached hydrogens (tertiary/aromatic N) is 1. The summed E-state index contributed by atoms with van der Waals surface area (Å²) in [6, 6.07) is 5.88. The van der Waals surface area contributed by atoms with E-state index < -0.39 is 10.0 Å². The molecule has 20 heavy (non-hydrogen) atoms. The number of benzene rings is 1. The first-order valence-corrected chi connectivity index (χ1v) is 7.75. The summed E-state index contributed by atoms with van der Waals surface area (Å²) in [4.78, 5) is -0.0977. The molecule has 0 unspecified atom stereocenters. The second kappa shape index (κ2) is 6.06. The number of nitrogens with one attached hydrogen (secondary N) is 2. The number of aryl methyl sites for hydroxylation is 2. The van der Waals surface area contributed by atoms with E-state index in [4.69, 9.17) is 0 Å². The van der Waals surface area contributed by atoms with Gasteiger partial charge in [0.25, 0.3) is 0 Å². The summed E-state index contributed by atoms with van der Waals surface area (Å²) in [5.74, 6) is -0.245. The van der Waals surface area contributed by atoms with Crippen molar-refractivity contribution in [1.29, 1.82) is 0 Å². The number of para-hydroxylation sites is 1. The summed E-state index contributed by atoms with van der Waals surface area (Å²) in [6.45, 7) is 2.23. The maximum Gasteiger partial charge on any atom is 0.244 e. The first-order valence-electron chi connectivity index (χ1n) is 6.27. The minimum Gasteiger partial charge on any atom is -0.507 e. The average molecular weight is 295 g/mol. The van der Waals surface area contributed by atoms with Crippen LogP contribution in [0.3, 0.4) is 0 Å². The lowest BCUT2D eigenvalue weighted by molar-refractivity contribution is 0.458. The average Bonchev–Trinajstić information content (AvgIpc) is 2.81. The zero-order chi connectivity index (χ0) is 14.6. The maximum atomic E-state index is 12.0. The SMILES string of the molecule is Cc1[nH]ncc1CCCNS(=O)(=O)c1ccccc1O. The fraction of sp³-hybridized carbons (Fsp3) is 0.308. The standard InChI is InChI=1S/C13H17N3O3S/c1-10-11(9-14-16-10)5-4-8-15-20(18,19)13-7-3-2-6-12(13)17/h2-3,6-7,9,15,17H,4-5,8H2,1H3,(H,14,16). The first-order chi connectivity index (χ1) is 9.50. The maximum absolute atomic E-state index is 12.0. The molecule has 0 atom stereocenters. The number of aromatic hydroxyl groups is 1. The van der Waals surface area contributed by atoms with Gasteiger partial charge in [0, 0.05) is 12.2 Å². The Balaban J connectivity index is 1.91. The van der Waals surface area contributed by atoms with E-state index in [1.165, 1.54) is 12.1 Å². The molecule has 0 saturated heterocycles. The zero-order valence-electron chi connectivity index (χ0n) is 11.1. The van der Waals surface area contributed by atoms with Gasteiger partial charge in [-0.15, -0.1) is 0 Å². The lowest BCUT2D eigenvalue weighted by Crippen LogP contribution is -2.25. The summed E-state index contributed by atoms with van der Waals surface area (Å²) in [6.07, 6.45) is 3.14. The van der Waals surface area contributed by atoms with Gasteiger partial charge in [-0.2, -0.15) is 5.10 Å². The normalized spacial score (nSPS) is 11.7. The smallest absolute Gasteiger partial charge is 0.244 e. The van der Waals surface area contributed by atoms with E-state index in [-0.39, 0.29) is 10.6 Å². The molecule has 0 aliphatic carbocycles. The van der Waals surface area contributed by atoms with Crippen molar-refractivity contribution in [2.75, 3.05) is 6.54 Å². The Morgan fingerprint density at radius 3 is 2.75 bits per heavy atom. The van der Waals surface area contributed by atoms with E-state index >= 15 is 0 Å². The van der Waals surface area contributed by atoms with Crippen molar-refractivity contribution in [2.24, 2.45) is 0 Å². The molecule has 0 amide bonds. The highest BCUT2D eigenvalue weighted by atomic mass is 32.2. The highest BCUT2D eigenvalue weighted by molar-refractivity contribution is 7.89. The van der Waals surface area contributed by atoms with Crippen molar-refractivity contribution < 1.29 is 13.5 Å². The molecule has 108 valence electrons. The summed E-state index contributed by atoms with van der Waals surface area (Å²) < 4.78 is 26.5. The van der Waals surface area contributed by atoms with Gasteiger partial charge in [-0.25, -0.2) is 13.1 Å². The molecule has 0 bridgehead atoms. The van der Waals surface area contributed by atoms with Crippen molar-refractivity contribution >= 4 is 10.0 Å². The molecule has 6 nitrogen and oxygen atoms in total. The van der Waals surface area contributed by atoms with Gasteiger partial charge in [-0.05, 0) is 37.5 Å². The number of phenols is 1. The van der Waals surface area contributed by atoms with Crippen LogP contribution in [-0.4, -0.2) is 30.3 Å². The number of aromatic nitrogens is 2. The lowest BCUT2D eigenvalue weighted by Gasteiger charge is -2.07. The summed E-state index contributed by atoms with van der Waals surface area (Å²) in [5, 5.41) is 16.3. The third kappa shape index (κ3) is 3.37. The van der Waals surface area contributed by atoms with Gasteiger partial charge in [-0.3, -0.25) is 5.10 Å². The van der Waals surface area contributed by atoms with Crippen LogP contribution in [0.4, 0.5) is 0 Å². The first kappa shape index (κ1) is 14.5. The Bertz CT molecular complexity index is 680. The zero-order valence-corrected chi connectivity index (χ0v) is 11.9. The summed E-state index contributed by atoms with van der Waals surface area (Å²) >= 11 is 0. The number of aromatic amines is 1. The minimum atomic E-state index is -3.67. The minimum absolute atomic E-state index is 0.0977. The second-order valence-corrected chi connectivity index (χ2v) is 6.22. The van der Waals surface area contributed by atoms with E-state index in [1.807, 2.05) is 6.92 Å². The summed E-state index contributed by atoms with van der Waals surface area (Å²) in [5.41, 5.74) is 2.07. The van der Waals surface area contributed by atoms with E-state index in [0.29, 0.717) is 13.0 Å². The fourth-order valence-electron chi connectivity index (χ4n) is 1.88. The van der Waals surface area contributed by atoms with Crippen LogP contribution in [0.5, 0.6) is 5.75 Å². The van der Waals surface area contributed by atoms with Crippen LogP contribution < -0.4 is 4.72 Å². The van der Waals surface area contributed by atoms with Crippen LogP contribution in [0.2, 0.25) is 0 Å². The molecular formula is C13H17N3O3S. The van der Waals surface area contributed by atoms with Crippen LogP contribution in [-0.2, 0) is 16.4 Å². The van der Waals surface area contributed by atoms with Gasteiger partial charge < -0.3 is 5.11 Å². The predicted octanol–water partition coefficient (Wildman–Crippen LogP) is 1.33. The molecule has 0 fully saturated rings. The fourth-order valence-corrected chi connectivity index (χ4v) is 3.04. The number of sulfonamides is 1. The second-order valence-electron chi connectivity index (χ2n) is 4.49. The van der Waals surface area contributed by atoms with Crippen LogP contribution in [0.25, 0.3) is 0 Å². The Kier molecular flexibility index (Phi) is 4.41. The van der Waals surface area contributed by atoms with Gasteiger partial charge in [-0.1, -0.05) is 12.1 Å². The van der Waals surface area contributed by atoms with Gasteiger partial charge in [0.05, 0.1) is 6.20 Å². The molecular weight excluding hydrogens is 278 g/mol. The Morgan fingerprint density at radius 2 is 2.10 bits per heavy atom. The highest BCUT2D eigenvalue weighted by Gasteiger charge is 2.17. The Hall–Kier alpha value is -1.86. The van der Waals surface area contributed by atoms with Crippen molar-refractivity contribution in [3.05, 3.63) is 41.7 Å². The molecule has 2 rings (SSSR count). The molecule has 1 aromatic carbocycles. The molecule has 0 spiro atoms. The predicted molar refractivity (Wildman–Crippen MR) is 74.9 cm³/mol. The number of phenolic OH excluding ortho intramolecular Hbond substituents is 1. The number of rotatable bonds is 6. The van der Waals surface area contributed by atoms with Crippen molar-refractivity contribution in [3.63, 3.8) is 0 Å². The van der Waals surface area contributed by atoms with Gasteiger partial charge in [0.1, 0.15) is 10.6 Å². The molecule has 0 aliphatic heterocycles. The Labute approximate surface area is 117 Å². The molecule has 7 heteroatoms. The van der Waals surface area contributed by atoms with Crippen molar-refractivity contribution in [3.8, 4) is 5.75 Å². The van der Waals surface area contributed by atoms with Gasteiger partial charge in [0.2, 0.25) is 10.0 Å². The highest BCUT2D eigenvalue weighted by Crippen LogP contribution is 2.20. The van der Waals surface area contributed by atoms with Gasteiger partial charge in [0.15, 0.2) is 0 Å².